The van der Waals surface area contributed by atoms with Crippen LogP contribution in [0.15, 0.2) is 0 Å². The van der Waals surface area contributed by atoms with Crippen molar-refractivity contribution in [3.05, 3.63) is 0 Å². The molecule has 0 aromatic rings. The topological polar surface area (TPSA) is 75.3 Å². The van der Waals surface area contributed by atoms with Crippen LogP contribution in [0.25, 0.3) is 0 Å². The second-order valence-electron chi connectivity index (χ2n) is 5.48. The van der Waals surface area contributed by atoms with Crippen molar-refractivity contribution >= 4 is 5.91 Å². The average Bonchev–Trinajstić information content (AvgIpc) is 2.23. The Morgan fingerprint density at radius 3 is 2.00 bits per heavy atom. The Kier molecular flexibility index (Phi) is 5.42. The molecule has 0 aromatic heterocycles. The van der Waals surface area contributed by atoms with Crippen molar-refractivity contribution in [1.82, 2.24) is 5.32 Å². The molecule has 0 saturated heterocycles. The molecule has 0 spiro atoms. The maximum Gasteiger partial charge on any atom is 0.237 e. The summed E-state index contributed by atoms with van der Waals surface area (Å²) in [5.74, 6) is -0.190. The van der Waals surface area contributed by atoms with E-state index in [9.17, 15) is 9.90 Å². The number of amides is 1. The first-order valence-electron chi connectivity index (χ1n) is 5.91. The lowest BCUT2D eigenvalue weighted by atomic mass is 9.85. The molecule has 0 radical (unpaired) electrons. The fraction of sp³-hybridized carbons (Fsp3) is 0.917. The SMILES string of the molecule is CCC(CC)(CO)NC(=O)[C@@H](N)C(C)(C)C. The molecule has 0 unspecified atom stereocenters. The van der Waals surface area contributed by atoms with E-state index in [4.69, 9.17) is 5.73 Å². The van der Waals surface area contributed by atoms with Gasteiger partial charge >= 0.3 is 0 Å². The Hall–Kier alpha value is -0.610. The molecular formula is C12H26N2O2. The highest BCUT2D eigenvalue weighted by molar-refractivity contribution is 5.83. The zero-order valence-electron chi connectivity index (χ0n) is 11.1. The number of carbonyl (C=O) groups excluding carboxylic acids is 1. The van der Waals surface area contributed by atoms with Gasteiger partial charge in [0.15, 0.2) is 0 Å². The lowest BCUT2D eigenvalue weighted by molar-refractivity contribution is -0.127. The molecule has 4 heteroatoms. The number of hydrogen-bond acceptors (Lipinski definition) is 3. The highest BCUT2D eigenvalue weighted by Gasteiger charge is 2.33. The van der Waals surface area contributed by atoms with Gasteiger partial charge < -0.3 is 16.2 Å². The minimum atomic E-state index is -0.559. The van der Waals surface area contributed by atoms with Crippen molar-refractivity contribution in [2.24, 2.45) is 11.1 Å². The molecule has 0 saturated carbocycles. The van der Waals surface area contributed by atoms with Crippen LogP contribution in [-0.2, 0) is 4.79 Å². The van der Waals surface area contributed by atoms with Gasteiger partial charge in [-0.15, -0.1) is 0 Å². The van der Waals surface area contributed by atoms with Crippen LogP contribution in [0.1, 0.15) is 47.5 Å². The highest BCUT2D eigenvalue weighted by atomic mass is 16.3. The van der Waals surface area contributed by atoms with Gasteiger partial charge in [-0.2, -0.15) is 0 Å². The summed E-state index contributed by atoms with van der Waals surface area (Å²) >= 11 is 0. The Balaban J connectivity index is 4.65. The van der Waals surface area contributed by atoms with Crippen LogP contribution < -0.4 is 11.1 Å². The van der Waals surface area contributed by atoms with Crippen LogP contribution in [0, 0.1) is 5.41 Å². The van der Waals surface area contributed by atoms with Crippen molar-refractivity contribution in [3.63, 3.8) is 0 Å². The molecule has 0 bridgehead atoms. The van der Waals surface area contributed by atoms with E-state index in [1.165, 1.54) is 0 Å². The smallest absolute Gasteiger partial charge is 0.237 e. The molecule has 4 nitrogen and oxygen atoms in total. The van der Waals surface area contributed by atoms with E-state index in [1.807, 2.05) is 34.6 Å². The predicted octanol–water partition coefficient (Wildman–Crippen LogP) is 1.03. The van der Waals surface area contributed by atoms with E-state index in [-0.39, 0.29) is 17.9 Å². The molecule has 0 aliphatic heterocycles. The molecular weight excluding hydrogens is 204 g/mol. The first-order valence-corrected chi connectivity index (χ1v) is 5.91. The summed E-state index contributed by atoms with van der Waals surface area (Å²) in [4.78, 5) is 11.9. The molecule has 1 atom stereocenters. The third kappa shape index (κ3) is 3.76. The number of hydrogen-bond donors (Lipinski definition) is 3. The first kappa shape index (κ1) is 15.4. The second-order valence-corrected chi connectivity index (χ2v) is 5.48. The van der Waals surface area contributed by atoms with Crippen molar-refractivity contribution in [1.29, 1.82) is 0 Å². The third-order valence-electron chi connectivity index (χ3n) is 3.26. The molecule has 0 aliphatic rings. The van der Waals surface area contributed by atoms with E-state index in [2.05, 4.69) is 5.32 Å². The summed E-state index contributed by atoms with van der Waals surface area (Å²) in [5, 5.41) is 12.2. The Morgan fingerprint density at radius 2 is 1.75 bits per heavy atom. The monoisotopic (exact) mass is 230 g/mol. The average molecular weight is 230 g/mol. The molecule has 4 N–H and O–H groups in total. The van der Waals surface area contributed by atoms with Gasteiger partial charge in [0.1, 0.15) is 0 Å². The van der Waals surface area contributed by atoms with Crippen LogP contribution in [-0.4, -0.2) is 29.2 Å². The number of aliphatic hydroxyl groups excluding tert-OH is 1. The molecule has 0 aromatic carbocycles. The van der Waals surface area contributed by atoms with Crippen LogP contribution in [0.2, 0.25) is 0 Å². The van der Waals surface area contributed by atoms with Crippen molar-refractivity contribution < 1.29 is 9.90 Å². The fourth-order valence-electron chi connectivity index (χ4n) is 1.42. The molecule has 96 valence electrons. The summed E-state index contributed by atoms with van der Waals surface area (Å²) in [6.45, 7) is 9.62. The van der Waals surface area contributed by atoms with Crippen LogP contribution >= 0.6 is 0 Å². The predicted molar refractivity (Wildman–Crippen MR) is 66.0 cm³/mol. The quantitative estimate of drug-likeness (QED) is 0.660. The minimum absolute atomic E-state index is 0.0530. The molecule has 16 heavy (non-hydrogen) atoms. The number of carbonyl (C=O) groups is 1. The minimum Gasteiger partial charge on any atom is -0.394 e. The van der Waals surface area contributed by atoms with E-state index in [0.29, 0.717) is 12.8 Å². The molecule has 0 rings (SSSR count). The molecule has 0 fully saturated rings. The molecule has 0 heterocycles. The standard InChI is InChI=1S/C12H26N2O2/c1-6-12(7-2,8-15)14-10(16)9(13)11(3,4)5/h9,15H,6-8,13H2,1-5H3,(H,14,16)/t9-/m1/s1. The van der Waals surface area contributed by atoms with Gasteiger partial charge in [-0.3, -0.25) is 4.79 Å². The van der Waals surface area contributed by atoms with E-state index in [0.717, 1.165) is 0 Å². The lowest BCUT2D eigenvalue weighted by Gasteiger charge is -2.34. The van der Waals surface area contributed by atoms with Gasteiger partial charge in [-0.05, 0) is 18.3 Å². The van der Waals surface area contributed by atoms with Gasteiger partial charge in [-0.1, -0.05) is 34.6 Å². The normalized spacial score (nSPS) is 14.7. The summed E-state index contributed by atoms with van der Waals surface area (Å²) in [6, 6.07) is -0.559. The zero-order valence-corrected chi connectivity index (χ0v) is 11.1. The summed E-state index contributed by atoms with van der Waals surface area (Å²) < 4.78 is 0. The first-order chi connectivity index (χ1) is 7.22. The summed E-state index contributed by atoms with van der Waals surface area (Å²) in [6.07, 6.45) is 1.39. The van der Waals surface area contributed by atoms with E-state index in [1.54, 1.807) is 0 Å². The van der Waals surface area contributed by atoms with Gasteiger partial charge in [0, 0.05) is 0 Å². The maximum atomic E-state index is 11.9. The number of nitrogens with two attached hydrogens (primary N) is 1. The van der Waals surface area contributed by atoms with Crippen molar-refractivity contribution in [2.75, 3.05) is 6.61 Å². The number of aliphatic hydroxyl groups is 1. The van der Waals surface area contributed by atoms with E-state index < -0.39 is 11.6 Å². The number of rotatable bonds is 5. The van der Waals surface area contributed by atoms with Gasteiger partial charge in [0.2, 0.25) is 5.91 Å². The lowest BCUT2D eigenvalue weighted by Crippen LogP contribution is -2.58. The Morgan fingerprint density at radius 1 is 1.31 bits per heavy atom. The van der Waals surface area contributed by atoms with Crippen molar-refractivity contribution in [3.8, 4) is 0 Å². The zero-order chi connectivity index (χ0) is 13.0. The highest BCUT2D eigenvalue weighted by Crippen LogP contribution is 2.20. The molecule has 0 aliphatic carbocycles. The maximum absolute atomic E-state index is 11.9. The summed E-state index contributed by atoms with van der Waals surface area (Å²) in [5.41, 5.74) is 5.07. The van der Waals surface area contributed by atoms with Gasteiger partial charge in [0.05, 0.1) is 18.2 Å². The van der Waals surface area contributed by atoms with Gasteiger partial charge in [0.25, 0.3) is 0 Å². The number of nitrogens with one attached hydrogen (secondary N) is 1. The molecule has 1 amide bonds. The van der Waals surface area contributed by atoms with Crippen LogP contribution in [0.3, 0.4) is 0 Å². The fourth-order valence-corrected chi connectivity index (χ4v) is 1.42. The van der Waals surface area contributed by atoms with Crippen molar-refractivity contribution in [2.45, 2.75) is 59.0 Å². The Bertz CT molecular complexity index is 221. The largest absolute Gasteiger partial charge is 0.394 e. The van der Waals surface area contributed by atoms with Crippen LogP contribution in [0.5, 0.6) is 0 Å². The van der Waals surface area contributed by atoms with Gasteiger partial charge in [-0.25, -0.2) is 0 Å². The van der Waals surface area contributed by atoms with Crippen LogP contribution in [0.4, 0.5) is 0 Å². The summed E-state index contributed by atoms with van der Waals surface area (Å²) in [7, 11) is 0. The third-order valence-corrected chi connectivity index (χ3v) is 3.26. The van der Waals surface area contributed by atoms with E-state index >= 15 is 0 Å². The second kappa shape index (κ2) is 5.64. The Labute approximate surface area is 98.6 Å².